The van der Waals surface area contributed by atoms with Crippen LogP contribution in [0.4, 0.5) is 5.69 Å². The molecule has 1 aromatic heterocycles. The number of methoxy groups -OCH3 is 1. The lowest BCUT2D eigenvalue weighted by Crippen LogP contribution is -2.16. The van der Waals surface area contributed by atoms with Crippen LogP contribution < -0.4 is 15.4 Å². The molecule has 1 aromatic carbocycles. The summed E-state index contributed by atoms with van der Waals surface area (Å²) in [7, 11) is 5.40. The lowest BCUT2D eigenvalue weighted by molar-refractivity contribution is 0.100. The fraction of sp³-hybridized carbons (Fsp3) is 0.250. The largest absolute Gasteiger partial charge is 0.496 e. The van der Waals surface area contributed by atoms with Crippen molar-refractivity contribution in [1.82, 2.24) is 0 Å². The molecule has 4 nitrogen and oxygen atoms in total. The van der Waals surface area contributed by atoms with E-state index in [0.29, 0.717) is 4.88 Å². The molecule has 0 aliphatic heterocycles. The molecule has 1 heterocycles. The van der Waals surface area contributed by atoms with Crippen LogP contribution in [-0.4, -0.2) is 27.1 Å². The van der Waals surface area contributed by atoms with Crippen molar-refractivity contribution in [3.8, 4) is 5.75 Å². The maximum Gasteiger partial charge on any atom is 0.260 e. The summed E-state index contributed by atoms with van der Waals surface area (Å²) in [4.78, 5) is 13.9. The number of ether oxygens (including phenoxy) is 1. The normalized spacial score (nSPS) is 10.5. The summed E-state index contributed by atoms with van der Waals surface area (Å²) >= 11 is 1.39. The van der Waals surface area contributed by atoms with E-state index >= 15 is 0 Å². The second-order valence-electron chi connectivity index (χ2n) is 3.87. The molecule has 0 radical (unpaired) electrons. The van der Waals surface area contributed by atoms with Crippen molar-refractivity contribution in [3.05, 3.63) is 23.1 Å². The average Bonchev–Trinajstić information content (AvgIpc) is 2.67. The predicted molar refractivity (Wildman–Crippen MR) is 71.2 cm³/mol. The third-order valence-electron chi connectivity index (χ3n) is 2.54. The first-order chi connectivity index (χ1) is 8.06. The van der Waals surface area contributed by atoms with Crippen molar-refractivity contribution in [2.75, 3.05) is 26.1 Å². The van der Waals surface area contributed by atoms with Crippen molar-refractivity contribution >= 4 is 33.0 Å². The van der Waals surface area contributed by atoms with Crippen molar-refractivity contribution in [2.45, 2.75) is 0 Å². The zero-order valence-electron chi connectivity index (χ0n) is 9.98. The summed E-state index contributed by atoms with van der Waals surface area (Å²) in [5.74, 6) is 0.354. The topological polar surface area (TPSA) is 55.6 Å². The molecule has 90 valence electrons. The van der Waals surface area contributed by atoms with Gasteiger partial charge in [0.2, 0.25) is 0 Å². The highest BCUT2D eigenvalue weighted by Gasteiger charge is 2.20. The number of carbonyl (C=O) groups is 1. The first-order valence-corrected chi connectivity index (χ1v) is 5.94. The molecular weight excluding hydrogens is 236 g/mol. The van der Waals surface area contributed by atoms with Crippen molar-refractivity contribution in [3.63, 3.8) is 0 Å². The molecule has 0 bridgehead atoms. The van der Waals surface area contributed by atoms with Gasteiger partial charge in [0.1, 0.15) is 10.6 Å². The molecule has 2 rings (SSSR count). The Labute approximate surface area is 104 Å². The number of carbonyl (C=O) groups excluding carboxylic acids is 1. The number of hydrogen-bond acceptors (Lipinski definition) is 4. The quantitative estimate of drug-likeness (QED) is 0.907. The molecule has 1 amide bonds. The van der Waals surface area contributed by atoms with Crippen LogP contribution in [0.5, 0.6) is 5.75 Å². The van der Waals surface area contributed by atoms with Crippen LogP contribution in [0.2, 0.25) is 0 Å². The highest BCUT2D eigenvalue weighted by atomic mass is 32.1. The van der Waals surface area contributed by atoms with E-state index in [0.717, 1.165) is 21.5 Å². The van der Waals surface area contributed by atoms with Gasteiger partial charge in [-0.15, -0.1) is 11.3 Å². The van der Waals surface area contributed by atoms with Gasteiger partial charge >= 0.3 is 0 Å². The number of thiophene rings is 1. The molecule has 0 spiro atoms. The van der Waals surface area contributed by atoms with Gasteiger partial charge in [-0.05, 0) is 12.1 Å². The fourth-order valence-electron chi connectivity index (χ4n) is 1.87. The van der Waals surface area contributed by atoms with E-state index in [9.17, 15) is 4.79 Å². The standard InChI is InChI=1S/C12H14N2O2S/c1-14(2)10-9-7(16-3)5-4-6-8(9)17-11(10)12(13)15/h4-6H,1-3H3,(H2,13,15). The first kappa shape index (κ1) is 11.7. The van der Waals surface area contributed by atoms with E-state index < -0.39 is 5.91 Å². The van der Waals surface area contributed by atoms with Crippen LogP contribution in [0, 0.1) is 0 Å². The van der Waals surface area contributed by atoms with Crippen LogP contribution >= 0.6 is 11.3 Å². The van der Waals surface area contributed by atoms with Gasteiger partial charge in [0.15, 0.2) is 0 Å². The van der Waals surface area contributed by atoms with Crippen molar-refractivity contribution in [1.29, 1.82) is 0 Å². The number of hydrogen-bond donors (Lipinski definition) is 1. The number of nitrogens with zero attached hydrogens (tertiary/aromatic N) is 1. The second kappa shape index (κ2) is 4.25. The highest BCUT2D eigenvalue weighted by Crippen LogP contribution is 2.42. The zero-order chi connectivity index (χ0) is 12.6. The molecule has 2 N–H and O–H groups in total. The predicted octanol–water partition coefficient (Wildman–Crippen LogP) is 2.07. The summed E-state index contributed by atoms with van der Waals surface area (Å²) in [6.45, 7) is 0. The van der Waals surface area contributed by atoms with Crippen LogP contribution in [-0.2, 0) is 0 Å². The number of nitrogens with two attached hydrogens (primary N) is 1. The van der Waals surface area contributed by atoms with E-state index in [2.05, 4.69) is 0 Å². The highest BCUT2D eigenvalue weighted by molar-refractivity contribution is 7.21. The van der Waals surface area contributed by atoms with E-state index in [1.54, 1.807) is 7.11 Å². The fourth-order valence-corrected chi connectivity index (χ4v) is 3.01. The van der Waals surface area contributed by atoms with Crippen LogP contribution in [0.3, 0.4) is 0 Å². The summed E-state index contributed by atoms with van der Waals surface area (Å²) in [5, 5.41) is 0.943. The minimum absolute atomic E-state index is 0.406. The van der Waals surface area contributed by atoms with E-state index in [-0.39, 0.29) is 0 Å². The first-order valence-electron chi connectivity index (χ1n) is 5.13. The van der Waals surface area contributed by atoms with Crippen LogP contribution in [0.1, 0.15) is 9.67 Å². The Kier molecular flexibility index (Phi) is 2.93. The Morgan fingerprint density at radius 1 is 1.41 bits per heavy atom. The molecule has 0 fully saturated rings. The van der Waals surface area contributed by atoms with Gasteiger partial charge in [0, 0.05) is 18.8 Å². The van der Waals surface area contributed by atoms with E-state index in [1.165, 1.54) is 11.3 Å². The molecule has 2 aromatic rings. The lowest BCUT2D eigenvalue weighted by atomic mass is 10.2. The van der Waals surface area contributed by atoms with Gasteiger partial charge in [-0.25, -0.2) is 0 Å². The van der Waals surface area contributed by atoms with Gasteiger partial charge in [0.25, 0.3) is 5.91 Å². The van der Waals surface area contributed by atoms with Gasteiger partial charge in [-0.2, -0.15) is 0 Å². The molecule has 0 aliphatic carbocycles. The number of primary amides is 1. The zero-order valence-corrected chi connectivity index (χ0v) is 10.8. The van der Waals surface area contributed by atoms with Gasteiger partial charge in [-0.3, -0.25) is 4.79 Å². The molecule has 5 heteroatoms. The Bertz CT molecular complexity index is 575. The Morgan fingerprint density at radius 2 is 2.12 bits per heavy atom. The summed E-state index contributed by atoms with van der Waals surface area (Å²) < 4.78 is 6.34. The summed E-state index contributed by atoms with van der Waals surface area (Å²) in [5.41, 5.74) is 6.24. The Balaban J connectivity index is 2.86. The van der Waals surface area contributed by atoms with Gasteiger partial charge in [-0.1, -0.05) is 6.07 Å². The molecule has 0 aliphatic rings. The minimum Gasteiger partial charge on any atom is -0.496 e. The average molecular weight is 250 g/mol. The van der Waals surface area contributed by atoms with Gasteiger partial charge in [0.05, 0.1) is 18.2 Å². The number of anilines is 1. The summed E-state index contributed by atoms with van der Waals surface area (Å²) in [6, 6.07) is 5.75. The lowest BCUT2D eigenvalue weighted by Gasteiger charge is -2.14. The molecule has 17 heavy (non-hydrogen) atoms. The maximum atomic E-state index is 11.5. The summed E-state index contributed by atoms with van der Waals surface area (Å²) in [6.07, 6.45) is 0. The SMILES string of the molecule is COc1cccc2sc(C(N)=O)c(N(C)C)c12. The molecular formula is C12H14N2O2S. The third kappa shape index (κ3) is 1.82. The molecule has 0 unspecified atom stereocenters. The van der Waals surface area contributed by atoms with Crippen LogP contribution in [0.15, 0.2) is 18.2 Å². The van der Waals surface area contributed by atoms with E-state index in [1.807, 2.05) is 37.2 Å². The minimum atomic E-state index is -0.406. The molecule has 0 atom stereocenters. The Hall–Kier alpha value is -1.75. The monoisotopic (exact) mass is 250 g/mol. The van der Waals surface area contributed by atoms with Crippen molar-refractivity contribution in [2.24, 2.45) is 5.73 Å². The Morgan fingerprint density at radius 3 is 2.65 bits per heavy atom. The third-order valence-corrected chi connectivity index (χ3v) is 3.70. The smallest absolute Gasteiger partial charge is 0.260 e. The van der Waals surface area contributed by atoms with Crippen LogP contribution in [0.25, 0.3) is 10.1 Å². The number of rotatable bonds is 3. The molecule has 0 saturated carbocycles. The molecule has 0 saturated heterocycles. The van der Waals surface area contributed by atoms with Crippen molar-refractivity contribution < 1.29 is 9.53 Å². The number of fused-ring (bicyclic) bond motifs is 1. The number of amides is 1. The second-order valence-corrected chi connectivity index (χ2v) is 4.92. The number of benzene rings is 1. The van der Waals surface area contributed by atoms with E-state index in [4.69, 9.17) is 10.5 Å². The maximum absolute atomic E-state index is 11.5. The van der Waals surface area contributed by atoms with Gasteiger partial charge < -0.3 is 15.4 Å².